The highest BCUT2D eigenvalue weighted by Gasteiger charge is 2.10. The Bertz CT molecular complexity index is 944. The minimum absolute atomic E-state index is 0.484. The topological polar surface area (TPSA) is 73.6 Å². The number of halogens is 2. The number of benzene rings is 2. The van der Waals surface area contributed by atoms with Gasteiger partial charge in [0, 0.05) is 35.3 Å². The molecule has 5 nitrogen and oxygen atoms in total. The average Bonchev–Trinajstić information content (AvgIpc) is 2.65. The molecule has 0 saturated carbocycles. The molecule has 0 spiro atoms. The van der Waals surface area contributed by atoms with Gasteiger partial charge in [-0.1, -0.05) is 29.3 Å². The highest BCUT2D eigenvalue weighted by atomic mass is 35.5. The first-order valence-corrected chi connectivity index (χ1v) is 8.60. The molecule has 0 unspecified atom stereocenters. The summed E-state index contributed by atoms with van der Waals surface area (Å²) in [6.45, 7) is 0. The summed E-state index contributed by atoms with van der Waals surface area (Å²) in [5.41, 5.74) is 3.02. The van der Waals surface area contributed by atoms with E-state index in [1.807, 2.05) is 24.3 Å². The molecule has 2 aromatic carbocycles. The highest BCUT2D eigenvalue weighted by molar-refractivity contribution is 6.36. The Kier molecular flexibility index (Phi) is 5.57. The number of hydrogen-bond donors (Lipinski definition) is 2. The molecule has 26 heavy (non-hydrogen) atoms. The molecule has 0 aliphatic carbocycles. The molecule has 130 valence electrons. The summed E-state index contributed by atoms with van der Waals surface area (Å²) >= 11 is 12.5. The third kappa shape index (κ3) is 4.23. The van der Waals surface area contributed by atoms with Crippen LogP contribution in [0.15, 0.2) is 48.5 Å². The predicted molar refractivity (Wildman–Crippen MR) is 105 cm³/mol. The van der Waals surface area contributed by atoms with Gasteiger partial charge in [0.1, 0.15) is 5.82 Å². The molecule has 0 radical (unpaired) electrons. The van der Waals surface area contributed by atoms with Crippen molar-refractivity contribution in [1.29, 1.82) is 5.26 Å². The molecule has 0 aliphatic rings. The maximum absolute atomic E-state index is 8.89. The van der Waals surface area contributed by atoms with Gasteiger partial charge in [-0.2, -0.15) is 10.2 Å². The van der Waals surface area contributed by atoms with Crippen molar-refractivity contribution >= 4 is 40.7 Å². The normalized spacial score (nSPS) is 10.2. The number of aromatic nitrogens is 2. The maximum atomic E-state index is 8.89. The van der Waals surface area contributed by atoms with Crippen molar-refractivity contribution in [3.8, 4) is 6.07 Å². The SMILES string of the molecule is CNc1nc(Cc2c(Cl)cccc2Cl)cc(Nc2ccc(C#N)cc2)n1. The number of rotatable bonds is 5. The Morgan fingerprint density at radius 3 is 2.35 bits per heavy atom. The van der Waals surface area contributed by atoms with Crippen LogP contribution in [0.2, 0.25) is 10.0 Å². The van der Waals surface area contributed by atoms with Crippen molar-refractivity contribution in [3.05, 3.63) is 75.4 Å². The summed E-state index contributed by atoms with van der Waals surface area (Å²) in [4.78, 5) is 8.89. The van der Waals surface area contributed by atoms with Crippen LogP contribution in [0.1, 0.15) is 16.8 Å². The van der Waals surface area contributed by atoms with Crippen LogP contribution in [0, 0.1) is 11.3 Å². The van der Waals surface area contributed by atoms with Gasteiger partial charge in [0.05, 0.1) is 17.3 Å². The van der Waals surface area contributed by atoms with Crippen LogP contribution in [-0.2, 0) is 6.42 Å². The van der Waals surface area contributed by atoms with Gasteiger partial charge >= 0.3 is 0 Å². The van der Waals surface area contributed by atoms with Gasteiger partial charge in [0.15, 0.2) is 0 Å². The number of anilines is 3. The molecule has 0 aliphatic heterocycles. The second kappa shape index (κ2) is 8.05. The van der Waals surface area contributed by atoms with Crippen LogP contribution in [0.5, 0.6) is 0 Å². The van der Waals surface area contributed by atoms with Crippen molar-refractivity contribution in [2.24, 2.45) is 0 Å². The van der Waals surface area contributed by atoms with E-state index in [0.29, 0.717) is 33.8 Å². The third-order valence-electron chi connectivity index (χ3n) is 3.71. The molecule has 3 rings (SSSR count). The maximum Gasteiger partial charge on any atom is 0.224 e. The Balaban J connectivity index is 1.90. The quantitative estimate of drug-likeness (QED) is 0.645. The molecule has 7 heteroatoms. The fourth-order valence-electron chi connectivity index (χ4n) is 2.42. The smallest absolute Gasteiger partial charge is 0.224 e. The minimum atomic E-state index is 0.484. The van der Waals surface area contributed by atoms with E-state index >= 15 is 0 Å². The molecule has 2 N–H and O–H groups in total. The van der Waals surface area contributed by atoms with Crippen molar-refractivity contribution in [1.82, 2.24) is 9.97 Å². The van der Waals surface area contributed by atoms with E-state index in [-0.39, 0.29) is 0 Å². The van der Waals surface area contributed by atoms with E-state index in [0.717, 1.165) is 16.9 Å². The second-order valence-electron chi connectivity index (χ2n) is 5.51. The summed E-state index contributed by atoms with van der Waals surface area (Å²) in [5.74, 6) is 1.12. The Hall–Kier alpha value is -2.81. The summed E-state index contributed by atoms with van der Waals surface area (Å²) in [5, 5.41) is 16.3. The number of nitriles is 1. The van der Waals surface area contributed by atoms with Gasteiger partial charge in [-0.15, -0.1) is 0 Å². The lowest BCUT2D eigenvalue weighted by atomic mass is 10.1. The van der Waals surface area contributed by atoms with Gasteiger partial charge in [-0.25, -0.2) is 4.98 Å². The molecule has 1 heterocycles. The molecule has 1 aromatic heterocycles. The predicted octanol–water partition coefficient (Wildman–Crippen LogP) is 5.03. The summed E-state index contributed by atoms with van der Waals surface area (Å²) in [6, 6.07) is 16.5. The fourth-order valence-corrected chi connectivity index (χ4v) is 2.95. The minimum Gasteiger partial charge on any atom is -0.357 e. The lowest BCUT2D eigenvalue weighted by Gasteiger charge is -2.11. The van der Waals surface area contributed by atoms with Gasteiger partial charge in [0.2, 0.25) is 5.95 Å². The summed E-state index contributed by atoms with van der Waals surface area (Å²) in [6.07, 6.45) is 0.484. The molecule has 0 bridgehead atoms. The zero-order valence-electron chi connectivity index (χ0n) is 13.9. The molecule has 0 atom stereocenters. The van der Waals surface area contributed by atoms with Crippen LogP contribution < -0.4 is 10.6 Å². The van der Waals surface area contributed by atoms with Crippen LogP contribution in [0.3, 0.4) is 0 Å². The second-order valence-corrected chi connectivity index (χ2v) is 6.32. The van der Waals surface area contributed by atoms with Crippen LogP contribution >= 0.6 is 23.2 Å². The van der Waals surface area contributed by atoms with E-state index in [1.54, 1.807) is 31.3 Å². The highest BCUT2D eigenvalue weighted by Crippen LogP contribution is 2.27. The van der Waals surface area contributed by atoms with Gasteiger partial charge in [0.25, 0.3) is 0 Å². The van der Waals surface area contributed by atoms with E-state index < -0.39 is 0 Å². The molecule has 3 aromatic rings. The first-order valence-electron chi connectivity index (χ1n) is 7.85. The van der Waals surface area contributed by atoms with Crippen molar-refractivity contribution in [2.45, 2.75) is 6.42 Å². The molecular weight excluding hydrogens is 369 g/mol. The molecule has 0 saturated heterocycles. The number of nitrogens with one attached hydrogen (secondary N) is 2. The monoisotopic (exact) mass is 383 g/mol. The van der Waals surface area contributed by atoms with Crippen LogP contribution in [0.25, 0.3) is 0 Å². The Morgan fingerprint density at radius 1 is 1.04 bits per heavy atom. The lowest BCUT2D eigenvalue weighted by Crippen LogP contribution is -2.04. The first-order chi connectivity index (χ1) is 12.6. The van der Waals surface area contributed by atoms with Crippen LogP contribution in [-0.4, -0.2) is 17.0 Å². The van der Waals surface area contributed by atoms with Gasteiger partial charge < -0.3 is 10.6 Å². The van der Waals surface area contributed by atoms with E-state index in [9.17, 15) is 0 Å². The zero-order chi connectivity index (χ0) is 18.5. The average molecular weight is 384 g/mol. The standard InChI is InChI=1S/C19H15Cl2N5/c1-23-19-25-14(9-15-16(20)3-2-4-17(15)21)10-18(26-19)24-13-7-5-12(11-22)6-8-13/h2-8,10H,9H2,1H3,(H2,23,24,25,26). The summed E-state index contributed by atoms with van der Waals surface area (Å²) in [7, 11) is 1.76. The summed E-state index contributed by atoms with van der Waals surface area (Å²) < 4.78 is 0. The van der Waals surface area contributed by atoms with Crippen molar-refractivity contribution in [3.63, 3.8) is 0 Å². The molecule has 0 fully saturated rings. The fraction of sp³-hybridized carbons (Fsp3) is 0.105. The largest absolute Gasteiger partial charge is 0.357 e. The van der Waals surface area contributed by atoms with Gasteiger partial charge in [-0.3, -0.25) is 0 Å². The van der Waals surface area contributed by atoms with Crippen LogP contribution in [0.4, 0.5) is 17.5 Å². The first kappa shape index (κ1) is 18.0. The van der Waals surface area contributed by atoms with Crippen molar-refractivity contribution < 1.29 is 0 Å². The van der Waals surface area contributed by atoms with E-state index in [2.05, 4.69) is 26.7 Å². The number of hydrogen-bond acceptors (Lipinski definition) is 5. The van der Waals surface area contributed by atoms with Gasteiger partial charge in [-0.05, 0) is 42.0 Å². The van der Waals surface area contributed by atoms with Crippen molar-refractivity contribution in [2.75, 3.05) is 17.7 Å². The Labute approximate surface area is 161 Å². The zero-order valence-corrected chi connectivity index (χ0v) is 15.4. The third-order valence-corrected chi connectivity index (χ3v) is 4.42. The lowest BCUT2D eigenvalue weighted by molar-refractivity contribution is 1.03. The molecular formula is C19H15Cl2N5. The Morgan fingerprint density at radius 2 is 1.73 bits per heavy atom. The van der Waals surface area contributed by atoms with E-state index in [4.69, 9.17) is 28.5 Å². The molecule has 0 amide bonds. The van der Waals surface area contributed by atoms with E-state index in [1.165, 1.54) is 0 Å². The number of nitrogens with zero attached hydrogens (tertiary/aromatic N) is 3.